The highest BCUT2D eigenvalue weighted by atomic mass is 19.1. The van der Waals surface area contributed by atoms with E-state index in [-0.39, 0.29) is 30.0 Å². The fourth-order valence-corrected chi connectivity index (χ4v) is 5.51. The van der Waals surface area contributed by atoms with Gasteiger partial charge in [0.25, 0.3) is 5.56 Å². The predicted molar refractivity (Wildman–Crippen MR) is 113 cm³/mol. The zero-order valence-electron chi connectivity index (χ0n) is 17.4. The molecule has 0 saturated carbocycles. The smallest absolute Gasteiger partial charge is 0.266 e. The van der Waals surface area contributed by atoms with Gasteiger partial charge in [0.2, 0.25) is 0 Å². The highest BCUT2D eigenvalue weighted by Gasteiger charge is 2.47. The van der Waals surface area contributed by atoms with Crippen LogP contribution in [0.15, 0.2) is 41.3 Å². The van der Waals surface area contributed by atoms with Crippen LogP contribution in [0.2, 0.25) is 0 Å². The molecule has 1 aromatic carbocycles. The lowest BCUT2D eigenvalue weighted by molar-refractivity contribution is -0.0677. The van der Waals surface area contributed by atoms with Crippen LogP contribution in [0.3, 0.4) is 0 Å². The summed E-state index contributed by atoms with van der Waals surface area (Å²) in [6.45, 7) is 2.82. The van der Waals surface area contributed by atoms with Crippen molar-refractivity contribution in [3.05, 3.63) is 64.0 Å². The van der Waals surface area contributed by atoms with E-state index in [1.165, 1.54) is 16.8 Å². The quantitative estimate of drug-likeness (QED) is 0.719. The van der Waals surface area contributed by atoms with Crippen molar-refractivity contribution >= 4 is 10.9 Å². The third kappa shape index (κ3) is 3.36. The van der Waals surface area contributed by atoms with Crippen molar-refractivity contribution in [2.75, 3.05) is 0 Å². The van der Waals surface area contributed by atoms with Crippen LogP contribution in [-0.4, -0.2) is 42.0 Å². The van der Waals surface area contributed by atoms with Crippen molar-refractivity contribution in [3.8, 4) is 0 Å². The molecule has 7 heteroatoms. The number of halogens is 1. The highest BCUT2D eigenvalue weighted by Crippen LogP contribution is 2.42. The zero-order valence-corrected chi connectivity index (χ0v) is 17.4. The van der Waals surface area contributed by atoms with Crippen LogP contribution in [0.4, 0.5) is 4.39 Å². The van der Waals surface area contributed by atoms with Crippen LogP contribution in [0, 0.1) is 12.7 Å². The van der Waals surface area contributed by atoms with Gasteiger partial charge in [0, 0.05) is 48.8 Å². The number of piperidine rings is 1. The van der Waals surface area contributed by atoms with Gasteiger partial charge in [-0.1, -0.05) is 0 Å². The topological polar surface area (TPSA) is 63.3 Å². The minimum atomic E-state index is -0.933. The standard InChI is InChI=1S/C23H27FN4O2/c1-15-3-8-22(29)28(25-15)14-23(30)10-18-5-6-19(11-23)27(18)13-16-12-26(2)21-7-4-17(24)9-20(16)21/h3-4,7-9,12,18-19,30H,5-6,10-11,13-14H2,1-2H3. The fraction of sp³-hybridized carbons (Fsp3) is 0.478. The minimum absolute atomic E-state index is 0.179. The Kier molecular flexibility index (Phi) is 4.56. The van der Waals surface area contributed by atoms with E-state index in [0.29, 0.717) is 12.8 Å². The van der Waals surface area contributed by atoms with Crippen LogP contribution >= 0.6 is 0 Å². The third-order valence-electron chi connectivity index (χ3n) is 6.83. The Labute approximate surface area is 174 Å². The molecule has 2 aliphatic heterocycles. The lowest BCUT2D eigenvalue weighted by Gasteiger charge is -2.43. The summed E-state index contributed by atoms with van der Waals surface area (Å²) < 4.78 is 17.3. The van der Waals surface area contributed by atoms with E-state index in [9.17, 15) is 14.3 Å². The summed E-state index contributed by atoms with van der Waals surface area (Å²) >= 11 is 0. The Morgan fingerprint density at radius 2 is 1.93 bits per heavy atom. The maximum atomic E-state index is 13.9. The Bertz CT molecular complexity index is 1150. The van der Waals surface area contributed by atoms with Gasteiger partial charge in [0.1, 0.15) is 5.82 Å². The van der Waals surface area contributed by atoms with Crippen molar-refractivity contribution in [2.45, 2.75) is 63.4 Å². The molecule has 4 heterocycles. The van der Waals surface area contributed by atoms with E-state index < -0.39 is 5.60 Å². The van der Waals surface area contributed by atoms with E-state index in [4.69, 9.17) is 0 Å². The molecule has 158 valence electrons. The first kappa shape index (κ1) is 19.5. The van der Waals surface area contributed by atoms with E-state index in [1.54, 1.807) is 12.1 Å². The molecule has 6 nitrogen and oxygen atoms in total. The van der Waals surface area contributed by atoms with Crippen molar-refractivity contribution < 1.29 is 9.50 Å². The molecule has 0 spiro atoms. The summed E-state index contributed by atoms with van der Waals surface area (Å²) in [5, 5.41) is 16.6. The maximum Gasteiger partial charge on any atom is 0.266 e. The molecule has 5 rings (SSSR count). The summed E-state index contributed by atoms with van der Waals surface area (Å²) in [5.41, 5.74) is 1.80. The van der Waals surface area contributed by atoms with E-state index in [0.717, 1.165) is 41.5 Å². The first-order valence-electron chi connectivity index (χ1n) is 10.6. The van der Waals surface area contributed by atoms with Gasteiger partial charge in [-0.2, -0.15) is 5.10 Å². The summed E-state index contributed by atoms with van der Waals surface area (Å²) in [5.74, 6) is -0.220. The summed E-state index contributed by atoms with van der Waals surface area (Å²) in [4.78, 5) is 14.6. The Hall–Kier alpha value is -2.51. The van der Waals surface area contributed by atoms with Crippen LogP contribution in [0.1, 0.15) is 36.9 Å². The van der Waals surface area contributed by atoms with Gasteiger partial charge in [-0.3, -0.25) is 9.69 Å². The second kappa shape index (κ2) is 7.03. The first-order chi connectivity index (χ1) is 14.3. The highest BCUT2D eigenvalue weighted by molar-refractivity contribution is 5.84. The van der Waals surface area contributed by atoms with E-state index in [1.807, 2.05) is 24.6 Å². The monoisotopic (exact) mass is 410 g/mol. The van der Waals surface area contributed by atoms with Gasteiger partial charge >= 0.3 is 0 Å². The van der Waals surface area contributed by atoms with Gasteiger partial charge in [-0.05, 0) is 62.4 Å². The largest absolute Gasteiger partial charge is 0.388 e. The molecule has 2 atom stereocenters. The van der Waals surface area contributed by atoms with Crippen LogP contribution < -0.4 is 5.56 Å². The summed E-state index contributed by atoms with van der Waals surface area (Å²) in [6, 6.07) is 8.64. The SMILES string of the molecule is Cc1ccc(=O)n(CC2(O)CC3CCC(C2)N3Cc2cn(C)c3ccc(F)cc23)n1. The van der Waals surface area contributed by atoms with E-state index in [2.05, 4.69) is 16.2 Å². The summed E-state index contributed by atoms with van der Waals surface area (Å²) in [6.07, 6.45) is 5.38. The number of hydrogen-bond acceptors (Lipinski definition) is 4. The zero-order chi connectivity index (χ0) is 21.0. The predicted octanol–water partition coefficient (Wildman–Crippen LogP) is 2.74. The third-order valence-corrected chi connectivity index (χ3v) is 6.83. The molecule has 0 radical (unpaired) electrons. The number of hydrogen-bond donors (Lipinski definition) is 1. The molecular weight excluding hydrogens is 383 g/mol. The number of benzene rings is 1. The van der Waals surface area contributed by atoms with Gasteiger partial charge < -0.3 is 9.67 Å². The number of fused-ring (bicyclic) bond motifs is 3. The van der Waals surface area contributed by atoms with Crippen LogP contribution in [-0.2, 0) is 20.1 Å². The molecule has 2 saturated heterocycles. The molecule has 0 amide bonds. The molecule has 2 bridgehead atoms. The van der Waals surface area contributed by atoms with Gasteiger partial charge in [0.15, 0.2) is 0 Å². The number of nitrogens with zero attached hydrogens (tertiary/aromatic N) is 4. The van der Waals surface area contributed by atoms with Crippen molar-refractivity contribution in [2.24, 2.45) is 7.05 Å². The molecule has 3 aromatic rings. The lowest BCUT2D eigenvalue weighted by Crippen LogP contribution is -2.53. The second-order valence-corrected chi connectivity index (χ2v) is 9.09. The molecule has 2 aliphatic rings. The normalized spacial score (nSPS) is 26.5. The first-order valence-corrected chi connectivity index (χ1v) is 10.6. The van der Waals surface area contributed by atoms with E-state index >= 15 is 0 Å². The van der Waals surface area contributed by atoms with Crippen molar-refractivity contribution in [1.29, 1.82) is 0 Å². The fourth-order valence-electron chi connectivity index (χ4n) is 5.51. The minimum Gasteiger partial charge on any atom is -0.388 e. The van der Waals surface area contributed by atoms with Gasteiger partial charge in [-0.25, -0.2) is 9.07 Å². The molecule has 2 fully saturated rings. The number of rotatable bonds is 4. The number of aromatic nitrogens is 3. The molecule has 2 unspecified atom stereocenters. The van der Waals surface area contributed by atoms with Crippen molar-refractivity contribution in [1.82, 2.24) is 19.2 Å². The molecule has 1 N–H and O–H groups in total. The lowest BCUT2D eigenvalue weighted by atomic mass is 9.85. The number of aryl methyl sites for hydroxylation is 2. The van der Waals surface area contributed by atoms with Gasteiger partial charge in [0.05, 0.1) is 17.8 Å². The van der Waals surface area contributed by atoms with Gasteiger partial charge in [-0.15, -0.1) is 0 Å². The molecule has 2 aromatic heterocycles. The molecular formula is C23H27FN4O2. The Morgan fingerprint density at radius 3 is 2.67 bits per heavy atom. The Morgan fingerprint density at radius 1 is 1.20 bits per heavy atom. The summed E-state index contributed by atoms with van der Waals surface area (Å²) in [7, 11) is 1.99. The van der Waals surface area contributed by atoms with Crippen molar-refractivity contribution in [3.63, 3.8) is 0 Å². The van der Waals surface area contributed by atoms with Crippen LogP contribution in [0.5, 0.6) is 0 Å². The number of aliphatic hydroxyl groups is 1. The molecule has 0 aliphatic carbocycles. The van der Waals surface area contributed by atoms with Crippen LogP contribution in [0.25, 0.3) is 10.9 Å². The average molecular weight is 410 g/mol. The Balaban J connectivity index is 1.38. The average Bonchev–Trinajstić information content (AvgIpc) is 3.12. The second-order valence-electron chi connectivity index (χ2n) is 9.09. The maximum absolute atomic E-state index is 13.9. The molecule has 30 heavy (non-hydrogen) atoms.